The van der Waals surface area contributed by atoms with Gasteiger partial charge in [-0.3, -0.25) is 9.59 Å². The summed E-state index contributed by atoms with van der Waals surface area (Å²) in [5, 5.41) is 3.80. The molecule has 2 aromatic carbocycles. The summed E-state index contributed by atoms with van der Waals surface area (Å²) in [4.78, 5) is 26.8. The number of benzene rings is 2. The van der Waals surface area contributed by atoms with Crippen LogP contribution >= 0.6 is 39.1 Å². The van der Waals surface area contributed by atoms with E-state index in [1.54, 1.807) is 35.2 Å². The van der Waals surface area contributed by atoms with Crippen LogP contribution in [0.1, 0.15) is 23.2 Å². The van der Waals surface area contributed by atoms with Crippen LogP contribution in [0.25, 0.3) is 0 Å². The molecule has 1 heterocycles. The smallest absolute Gasteiger partial charge is 0.253 e. The second-order valence-corrected chi connectivity index (χ2v) is 7.95. The van der Waals surface area contributed by atoms with Crippen molar-refractivity contribution < 1.29 is 9.59 Å². The number of hydrogen-bond acceptors (Lipinski definition) is 2. The minimum Gasteiger partial charge on any atom is -0.339 e. The Morgan fingerprint density at radius 3 is 2.35 bits per heavy atom. The van der Waals surface area contributed by atoms with E-state index in [-0.39, 0.29) is 17.7 Å². The summed E-state index contributed by atoms with van der Waals surface area (Å²) in [5.41, 5.74) is 1.17. The molecular formula is C19H17BrCl2N2O2. The molecule has 0 aromatic heterocycles. The summed E-state index contributed by atoms with van der Waals surface area (Å²) in [6.07, 6.45) is 1.23. The lowest BCUT2D eigenvalue weighted by atomic mass is 9.95. The average molecular weight is 456 g/mol. The van der Waals surface area contributed by atoms with E-state index in [9.17, 15) is 9.59 Å². The molecule has 2 aromatic rings. The lowest BCUT2D eigenvalue weighted by molar-refractivity contribution is -0.121. The van der Waals surface area contributed by atoms with Crippen LogP contribution in [-0.2, 0) is 4.79 Å². The van der Waals surface area contributed by atoms with Crippen molar-refractivity contribution in [3.05, 3.63) is 62.5 Å². The molecule has 4 nitrogen and oxygen atoms in total. The van der Waals surface area contributed by atoms with E-state index in [1.807, 2.05) is 12.1 Å². The molecule has 7 heteroatoms. The van der Waals surface area contributed by atoms with E-state index >= 15 is 0 Å². The number of amides is 2. The van der Waals surface area contributed by atoms with Gasteiger partial charge in [0.2, 0.25) is 5.91 Å². The van der Waals surface area contributed by atoms with Gasteiger partial charge in [0, 0.05) is 34.1 Å². The van der Waals surface area contributed by atoms with Crippen molar-refractivity contribution in [2.45, 2.75) is 12.8 Å². The monoisotopic (exact) mass is 454 g/mol. The molecule has 0 atom stereocenters. The van der Waals surface area contributed by atoms with Crippen molar-refractivity contribution in [1.82, 2.24) is 4.90 Å². The molecule has 26 heavy (non-hydrogen) atoms. The number of nitrogens with zero attached hydrogens (tertiary/aromatic N) is 1. The third-order valence-corrected chi connectivity index (χ3v) is 5.52. The van der Waals surface area contributed by atoms with Gasteiger partial charge in [0.25, 0.3) is 5.91 Å². The number of piperidine rings is 1. The second kappa shape index (κ2) is 8.42. The van der Waals surface area contributed by atoms with Crippen molar-refractivity contribution in [2.24, 2.45) is 5.92 Å². The molecule has 1 fully saturated rings. The summed E-state index contributed by atoms with van der Waals surface area (Å²) < 4.78 is 0.934. The molecule has 2 amide bonds. The minimum atomic E-state index is -0.154. The van der Waals surface area contributed by atoms with Gasteiger partial charge in [0.15, 0.2) is 0 Å². The average Bonchev–Trinajstić information content (AvgIpc) is 2.65. The van der Waals surface area contributed by atoms with Crippen LogP contribution in [0, 0.1) is 5.92 Å². The highest BCUT2D eigenvalue weighted by Crippen LogP contribution is 2.27. The molecule has 0 unspecified atom stereocenters. The van der Waals surface area contributed by atoms with Gasteiger partial charge in [0.1, 0.15) is 0 Å². The standard InChI is InChI=1S/C19H17BrCl2N2O2/c20-14-3-1-13(2-4-14)19(26)24-9-7-12(8-10-24)18(25)23-17-11-15(21)5-6-16(17)22/h1-6,11-12H,7-10H2,(H,23,25). The van der Waals surface area contributed by atoms with E-state index in [2.05, 4.69) is 21.2 Å². The number of hydrogen-bond donors (Lipinski definition) is 1. The number of rotatable bonds is 3. The third-order valence-electron chi connectivity index (χ3n) is 4.43. The van der Waals surface area contributed by atoms with Gasteiger partial charge >= 0.3 is 0 Å². The zero-order valence-electron chi connectivity index (χ0n) is 13.8. The Balaban J connectivity index is 1.57. The molecule has 0 spiro atoms. The van der Waals surface area contributed by atoms with Gasteiger partial charge in [0.05, 0.1) is 10.7 Å². The Hall–Kier alpha value is -1.56. The number of likely N-dealkylation sites (tertiary alicyclic amines) is 1. The molecule has 1 aliphatic rings. The van der Waals surface area contributed by atoms with Crippen molar-refractivity contribution in [2.75, 3.05) is 18.4 Å². The molecule has 1 N–H and O–H groups in total. The lowest BCUT2D eigenvalue weighted by Gasteiger charge is -2.31. The summed E-state index contributed by atoms with van der Waals surface area (Å²) in [6.45, 7) is 1.10. The maximum absolute atomic E-state index is 12.5. The van der Waals surface area contributed by atoms with Crippen LogP contribution < -0.4 is 5.32 Å². The Morgan fingerprint density at radius 2 is 1.69 bits per heavy atom. The predicted octanol–water partition coefficient (Wildman–Crippen LogP) is 5.25. The van der Waals surface area contributed by atoms with Crippen LogP contribution in [0.15, 0.2) is 46.9 Å². The molecule has 3 rings (SSSR count). The highest BCUT2D eigenvalue weighted by atomic mass is 79.9. The minimum absolute atomic E-state index is 0.00533. The molecule has 0 aliphatic carbocycles. The summed E-state index contributed by atoms with van der Waals surface area (Å²) >= 11 is 15.4. The number of carbonyl (C=O) groups is 2. The zero-order valence-corrected chi connectivity index (χ0v) is 16.9. The molecule has 0 bridgehead atoms. The first-order valence-electron chi connectivity index (χ1n) is 8.25. The Morgan fingerprint density at radius 1 is 1.04 bits per heavy atom. The summed E-state index contributed by atoms with van der Waals surface area (Å²) in [6, 6.07) is 12.3. The highest BCUT2D eigenvalue weighted by molar-refractivity contribution is 9.10. The Labute approximate surface area is 170 Å². The maximum Gasteiger partial charge on any atom is 0.253 e. The molecule has 0 saturated carbocycles. The van der Waals surface area contributed by atoms with Crippen LogP contribution in [0.5, 0.6) is 0 Å². The van der Waals surface area contributed by atoms with E-state index in [0.29, 0.717) is 47.2 Å². The van der Waals surface area contributed by atoms with Crippen molar-refractivity contribution >= 4 is 56.6 Å². The molecule has 1 aliphatic heterocycles. The first kappa shape index (κ1) is 19.2. The van der Waals surface area contributed by atoms with E-state index < -0.39 is 0 Å². The SMILES string of the molecule is O=C(Nc1cc(Cl)ccc1Cl)C1CCN(C(=O)c2ccc(Br)cc2)CC1. The zero-order chi connectivity index (χ0) is 18.7. The second-order valence-electron chi connectivity index (χ2n) is 6.19. The van der Waals surface area contributed by atoms with E-state index in [0.717, 1.165) is 4.47 Å². The fraction of sp³-hybridized carbons (Fsp3) is 0.263. The van der Waals surface area contributed by atoms with Gasteiger partial charge in [-0.05, 0) is 55.3 Å². The van der Waals surface area contributed by atoms with Crippen LogP contribution in [0.2, 0.25) is 10.0 Å². The van der Waals surface area contributed by atoms with Crippen molar-refractivity contribution in [3.63, 3.8) is 0 Å². The van der Waals surface area contributed by atoms with Gasteiger partial charge in [-0.25, -0.2) is 0 Å². The normalized spacial score (nSPS) is 15.0. The Kier molecular flexibility index (Phi) is 6.22. The molecule has 0 radical (unpaired) electrons. The Bertz CT molecular complexity index is 819. The quantitative estimate of drug-likeness (QED) is 0.687. The van der Waals surface area contributed by atoms with Crippen molar-refractivity contribution in [1.29, 1.82) is 0 Å². The number of anilines is 1. The summed E-state index contributed by atoms with van der Waals surface area (Å²) in [5.74, 6) is -0.252. The van der Waals surface area contributed by atoms with Crippen LogP contribution in [-0.4, -0.2) is 29.8 Å². The predicted molar refractivity (Wildman–Crippen MR) is 108 cm³/mol. The highest BCUT2D eigenvalue weighted by Gasteiger charge is 2.28. The lowest BCUT2D eigenvalue weighted by Crippen LogP contribution is -2.41. The third kappa shape index (κ3) is 4.58. The van der Waals surface area contributed by atoms with E-state index in [4.69, 9.17) is 23.2 Å². The molecule has 1 saturated heterocycles. The van der Waals surface area contributed by atoms with Gasteiger partial charge in [-0.15, -0.1) is 0 Å². The van der Waals surface area contributed by atoms with Crippen LogP contribution in [0.4, 0.5) is 5.69 Å². The fourth-order valence-corrected chi connectivity index (χ4v) is 3.55. The van der Waals surface area contributed by atoms with Gasteiger partial charge < -0.3 is 10.2 Å². The van der Waals surface area contributed by atoms with Gasteiger partial charge in [-0.2, -0.15) is 0 Å². The first-order valence-corrected chi connectivity index (χ1v) is 9.79. The van der Waals surface area contributed by atoms with Crippen molar-refractivity contribution in [3.8, 4) is 0 Å². The maximum atomic E-state index is 12.5. The number of carbonyl (C=O) groups excluding carboxylic acids is 2. The molecular weight excluding hydrogens is 439 g/mol. The number of halogens is 3. The van der Waals surface area contributed by atoms with E-state index in [1.165, 1.54) is 0 Å². The topological polar surface area (TPSA) is 49.4 Å². The summed E-state index contributed by atoms with van der Waals surface area (Å²) in [7, 11) is 0. The fourth-order valence-electron chi connectivity index (χ4n) is 2.95. The first-order chi connectivity index (χ1) is 12.4. The largest absolute Gasteiger partial charge is 0.339 e. The van der Waals surface area contributed by atoms with Gasteiger partial charge in [-0.1, -0.05) is 39.1 Å². The number of nitrogens with one attached hydrogen (secondary N) is 1. The van der Waals surface area contributed by atoms with Crippen LogP contribution in [0.3, 0.4) is 0 Å². The molecule has 136 valence electrons.